The highest BCUT2D eigenvalue weighted by atomic mass is 16.5. The Morgan fingerprint density at radius 1 is 1.00 bits per heavy atom. The Labute approximate surface area is 120 Å². The fraction of sp³-hybridized carbons (Fsp3) is 0.158. The van der Waals surface area contributed by atoms with Crippen LogP contribution >= 0.6 is 0 Å². The molecule has 0 saturated carbocycles. The number of ether oxygens (including phenoxy) is 1. The van der Waals surface area contributed by atoms with Crippen molar-refractivity contribution in [1.29, 1.82) is 0 Å². The van der Waals surface area contributed by atoms with Crippen LogP contribution < -0.4 is 4.74 Å². The summed E-state index contributed by atoms with van der Waals surface area (Å²) in [5.41, 5.74) is 5.05. The van der Waals surface area contributed by atoms with Crippen LogP contribution in [0.2, 0.25) is 0 Å². The molecule has 1 aliphatic carbocycles. The van der Waals surface area contributed by atoms with Crippen molar-refractivity contribution in [2.24, 2.45) is 0 Å². The largest absolute Gasteiger partial charge is 0.496 e. The van der Waals surface area contributed by atoms with Crippen LogP contribution in [-0.4, -0.2) is 7.11 Å². The summed E-state index contributed by atoms with van der Waals surface area (Å²) in [6, 6.07) is 16.8. The number of rotatable bonds is 4. The maximum atomic E-state index is 5.69. The molecule has 1 nitrogen and oxygen atoms in total. The number of para-hydroxylation sites is 1. The Hall–Kier alpha value is -2.28. The van der Waals surface area contributed by atoms with Gasteiger partial charge < -0.3 is 4.74 Å². The minimum Gasteiger partial charge on any atom is -0.496 e. The molecule has 0 radical (unpaired) electrons. The third kappa shape index (κ3) is 2.53. The van der Waals surface area contributed by atoms with E-state index < -0.39 is 0 Å². The van der Waals surface area contributed by atoms with E-state index in [-0.39, 0.29) is 0 Å². The molecular weight excluding hydrogens is 244 g/mol. The van der Waals surface area contributed by atoms with Gasteiger partial charge in [-0.3, -0.25) is 0 Å². The lowest BCUT2D eigenvalue weighted by molar-refractivity contribution is 0.412. The predicted octanol–water partition coefficient (Wildman–Crippen LogP) is 4.79. The third-order valence-electron chi connectivity index (χ3n) is 3.65. The van der Waals surface area contributed by atoms with Gasteiger partial charge in [0.15, 0.2) is 0 Å². The minimum atomic E-state index is 0.955. The molecular formula is C19H18O. The Balaban J connectivity index is 1.99. The van der Waals surface area contributed by atoms with Crippen molar-refractivity contribution in [1.82, 2.24) is 0 Å². The van der Waals surface area contributed by atoms with Crippen molar-refractivity contribution in [3.05, 3.63) is 77.9 Å². The third-order valence-corrected chi connectivity index (χ3v) is 3.65. The number of allylic oxidation sites excluding steroid dienone is 4. The van der Waals surface area contributed by atoms with Crippen LogP contribution in [-0.2, 0) is 6.42 Å². The van der Waals surface area contributed by atoms with Crippen molar-refractivity contribution < 1.29 is 4.74 Å². The predicted molar refractivity (Wildman–Crippen MR) is 84.0 cm³/mol. The molecule has 0 bridgehead atoms. The van der Waals surface area contributed by atoms with Gasteiger partial charge in [-0.05, 0) is 24.0 Å². The molecule has 0 unspecified atom stereocenters. The first-order valence-corrected chi connectivity index (χ1v) is 6.94. The van der Waals surface area contributed by atoms with Crippen molar-refractivity contribution >= 4 is 0 Å². The van der Waals surface area contributed by atoms with Gasteiger partial charge in [0.1, 0.15) is 5.75 Å². The van der Waals surface area contributed by atoms with Crippen LogP contribution in [0.15, 0.2) is 72.3 Å². The second-order valence-corrected chi connectivity index (χ2v) is 5.00. The first-order valence-electron chi connectivity index (χ1n) is 6.94. The van der Waals surface area contributed by atoms with Gasteiger partial charge in [-0.2, -0.15) is 0 Å². The fourth-order valence-electron chi connectivity index (χ4n) is 2.68. The number of methoxy groups -OCH3 is 1. The van der Waals surface area contributed by atoms with E-state index in [9.17, 15) is 0 Å². The Kier molecular flexibility index (Phi) is 3.69. The number of hydrogen-bond acceptors (Lipinski definition) is 1. The van der Waals surface area contributed by atoms with Gasteiger partial charge in [0, 0.05) is 5.56 Å². The molecule has 0 aliphatic heterocycles. The average Bonchev–Trinajstić information content (AvgIpc) is 3.01. The standard InChI is InChI=1S/C19H18O/c1-20-19-17(14-15-8-5-6-9-15)12-7-13-18(19)16-10-3-2-4-11-16/h2-8,10-13H,9,14H2,1H3. The van der Waals surface area contributed by atoms with E-state index in [1.807, 2.05) is 6.07 Å². The zero-order valence-electron chi connectivity index (χ0n) is 11.7. The summed E-state index contributed by atoms with van der Waals surface area (Å²) in [5.74, 6) is 0.992. The van der Waals surface area contributed by atoms with E-state index in [2.05, 4.69) is 60.7 Å². The van der Waals surface area contributed by atoms with Crippen LogP contribution in [0.25, 0.3) is 11.1 Å². The van der Waals surface area contributed by atoms with E-state index in [4.69, 9.17) is 4.74 Å². The van der Waals surface area contributed by atoms with Gasteiger partial charge in [0.05, 0.1) is 7.11 Å². The van der Waals surface area contributed by atoms with Crippen LogP contribution in [0.3, 0.4) is 0 Å². The van der Waals surface area contributed by atoms with Crippen LogP contribution in [0.4, 0.5) is 0 Å². The average molecular weight is 262 g/mol. The van der Waals surface area contributed by atoms with Gasteiger partial charge in [-0.25, -0.2) is 0 Å². The summed E-state index contributed by atoms with van der Waals surface area (Å²) < 4.78 is 5.69. The molecule has 1 heteroatoms. The summed E-state index contributed by atoms with van der Waals surface area (Å²) in [5, 5.41) is 0. The highest BCUT2D eigenvalue weighted by Crippen LogP contribution is 2.34. The lowest BCUT2D eigenvalue weighted by Gasteiger charge is -2.14. The molecule has 20 heavy (non-hydrogen) atoms. The highest BCUT2D eigenvalue weighted by Gasteiger charge is 2.12. The summed E-state index contributed by atoms with van der Waals surface area (Å²) >= 11 is 0. The molecule has 2 aromatic rings. The highest BCUT2D eigenvalue weighted by molar-refractivity contribution is 5.72. The summed E-state index contributed by atoms with van der Waals surface area (Å²) in [4.78, 5) is 0. The van der Waals surface area contributed by atoms with Gasteiger partial charge >= 0.3 is 0 Å². The topological polar surface area (TPSA) is 9.23 Å². The molecule has 0 saturated heterocycles. The summed E-state index contributed by atoms with van der Waals surface area (Å²) in [7, 11) is 1.76. The van der Waals surface area contributed by atoms with Crippen molar-refractivity contribution in [3.8, 4) is 16.9 Å². The van der Waals surface area contributed by atoms with E-state index >= 15 is 0 Å². The Morgan fingerprint density at radius 2 is 1.85 bits per heavy atom. The van der Waals surface area contributed by atoms with Gasteiger partial charge in [0.25, 0.3) is 0 Å². The lowest BCUT2D eigenvalue weighted by Crippen LogP contribution is -1.96. The number of hydrogen-bond donors (Lipinski definition) is 0. The molecule has 100 valence electrons. The molecule has 0 heterocycles. The molecule has 1 aliphatic rings. The molecule has 0 atom stereocenters. The van der Waals surface area contributed by atoms with Crippen molar-refractivity contribution in [2.45, 2.75) is 12.8 Å². The lowest BCUT2D eigenvalue weighted by atomic mass is 9.97. The van der Waals surface area contributed by atoms with Crippen molar-refractivity contribution in [2.75, 3.05) is 7.11 Å². The first kappa shape index (κ1) is 12.7. The summed E-state index contributed by atoms with van der Waals surface area (Å²) in [6.45, 7) is 0. The maximum Gasteiger partial charge on any atom is 0.130 e. The first-order chi connectivity index (χ1) is 9.88. The smallest absolute Gasteiger partial charge is 0.130 e. The second-order valence-electron chi connectivity index (χ2n) is 5.00. The van der Waals surface area contributed by atoms with Gasteiger partial charge in [-0.15, -0.1) is 0 Å². The zero-order valence-corrected chi connectivity index (χ0v) is 11.7. The summed E-state index contributed by atoms with van der Waals surface area (Å²) in [6.07, 6.45) is 8.54. The SMILES string of the molecule is COc1c(CC2=CC=CC2)cccc1-c1ccccc1. The Morgan fingerprint density at radius 3 is 2.55 bits per heavy atom. The van der Waals surface area contributed by atoms with E-state index in [0.717, 1.165) is 24.2 Å². The molecule has 0 spiro atoms. The van der Waals surface area contributed by atoms with Crippen molar-refractivity contribution in [3.63, 3.8) is 0 Å². The minimum absolute atomic E-state index is 0.955. The number of benzene rings is 2. The van der Waals surface area contributed by atoms with Gasteiger partial charge in [-0.1, -0.05) is 72.3 Å². The van der Waals surface area contributed by atoms with Crippen LogP contribution in [0, 0.1) is 0 Å². The van der Waals surface area contributed by atoms with E-state index in [1.165, 1.54) is 16.7 Å². The van der Waals surface area contributed by atoms with E-state index in [1.54, 1.807) is 7.11 Å². The normalized spacial score (nSPS) is 13.3. The molecule has 0 amide bonds. The fourth-order valence-corrected chi connectivity index (χ4v) is 2.68. The molecule has 0 aromatic heterocycles. The molecule has 3 rings (SSSR count). The van der Waals surface area contributed by atoms with Crippen LogP contribution in [0.1, 0.15) is 12.0 Å². The van der Waals surface area contributed by atoms with E-state index in [0.29, 0.717) is 0 Å². The van der Waals surface area contributed by atoms with Gasteiger partial charge in [0.2, 0.25) is 0 Å². The Bertz CT molecular complexity index is 651. The molecule has 0 N–H and O–H groups in total. The second kappa shape index (κ2) is 5.79. The quantitative estimate of drug-likeness (QED) is 0.769. The monoisotopic (exact) mass is 262 g/mol. The molecule has 0 fully saturated rings. The maximum absolute atomic E-state index is 5.69. The zero-order chi connectivity index (χ0) is 13.8. The van der Waals surface area contributed by atoms with Crippen LogP contribution in [0.5, 0.6) is 5.75 Å². The molecule has 2 aromatic carbocycles.